The molecule has 7 nitrogen and oxygen atoms in total. The van der Waals surface area contributed by atoms with Crippen molar-refractivity contribution in [3.63, 3.8) is 0 Å². The highest BCUT2D eigenvalue weighted by Gasteiger charge is 2.23. The number of carboxylic acids is 1. The molecule has 37 heavy (non-hydrogen) atoms. The maximum Gasteiger partial charge on any atom is 0.310 e. The molecule has 0 fully saturated rings. The quantitative estimate of drug-likeness (QED) is 0.316. The van der Waals surface area contributed by atoms with Crippen LogP contribution in [0.25, 0.3) is 17.2 Å². The van der Waals surface area contributed by atoms with E-state index in [-0.39, 0.29) is 18.9 Å². The number of hydrogen-bond donors (Lipinski definition) is 2. The summed E-state index contributed by atoms with van der Waals surface area (Å²) in [5.74, 6) is -1.29. The normalized spacial score (nSPS) is 12.1. The minimum absolute atomic E-state index is 0.0309. The van der Waals surface area contributed by atoms with Gasteiger partial charge in [-0.1, -0.05) is 44.2 Å². The van der Waals surface area contributed by atoms with E-state index in [4.69, 9.17) is 14.6 Å². The number of ketones is 1. The van der Waals surface area contributed by atoms with Gasteiger partial charge in [0.05, 0.1) is 18.9 Å². The van der Waals surface area contributed by atoms with Crippen LogP contribution in [0, 0.1) is 5.82 Å². The van der Waals surface area contributed by atoms with Crippen molar-refractivity contribution >= 4 is 17.8 Å². The zero-order valence-electron chi connectivity index (χ0n) is 21.0. The Morgan fingerprint density at radius 1 is 1.14 bits per heavy atom. The SMILES string of the molecule is COc1cc(C(C)C)c(/C=C/C(O)CC(=O)CC(=O)O)c(-c2ccc(F)cc2)c1OCc1ccccn1. The summed E-state index contributed by atoms with van der Waals surface area (Å²) in [5.41, 5.74) is 3.56. The summed E-state index contributed by atoms with van der Waals surface area (Å²) in [7, 11) is 1.54. The predicted molar refractivity (Wildman–Crippen MR) is 138 cm³/mol. The summed E-state index contributed by atoms with van der Waals surface area (Å²) in [4.78, 5) is 27.0. The Balaban J connectivity index is 2.14. The van der Waals surface area contributed by atoms with Gasteiger partial charge in [-0.3, -0.25) is 14.6 Å². The number of Topliss-reactive ketones (excluding diaryl/α,β-unsaturated/α-hetero) is 1. The van der Waals surface area contributed by atoms with Gasteiger partial charge in [-0.25, -0.2) is 4.39 Å². The highest BCUT2D eigenvalue weighted by atomic mass is 19.1. The van der Waals surface area contributed by atoms with Gasteiger partial charge >= 0.3 is 5.97 Å². The van der Waals surface area contributed by atoms with Crippen molar-refractivity contribution < 1.29 is 33.7 Å². The fraction of sp³-hybridized carbons (Fsp3) is 0.276. The molecule has 0 aliphatic carbocycles. The van der Waals surface area contributed by atoms with E-state index in [1.165, 1.54) is 25.3 Å². The number of aliphatic hydroxyl groups is 1. The molecule has 0 aliphatic rings. The second-order valence-electron chi connectivity index (χ2n) is 8.80. The van der Waals surface area contributed by atoms with Crippen LogP contribution < -0.4 is 9.47 Å². The van der Waals surface area contributed by atoms with E-state index in [9.17, 15) is 19.1 Å². The monoisotopic (exact) mass is 507 g/mol. The zero-order chi connectivity index (χ0) is 26.9. The van der Waals surface area contributed by atoms with Crippen LogP contribution in [0.4, 0.5) is 4.39 Å². The Morgan fingerprint density at radius 2 is 1.86 bits per heavy atom. The highest BCUT2D eigenvalue weighted by molar-refractivity contribution is 5.95. The summed E-state index contributed by atoms with van der Waals surface area (Å²) >= 11 is 0. The molecule has 0 saturated carbocycles. The van der Waals surface area contributed by atoms with Crippen LogP contribution >= 0.6 is 0 Å². The number of rotatable bonds is 12. The molecule has 1 atom stereocenters. The van der Waals surface area contributed by atoms with Gasteiger partial charge in [0.25, 0.3) is 0 Å². The first kappa shape index (κ1) is 27.5. The summed E-state index contributed by atoms with van der Waals surface area (Å²) < 4.78 is 25.7. The second-order valence-corrected chi connectivity index (χ2v) is 8.80. The molecule has 1 aromatic heterocycles. The van der Waals surface area contributed by atoms with E-state index in [0.29, 0.717) is 33.9 Å². The number of methoxy groups -OCH3 is 1. The Morgan fingerprint density at radius 3 is 2.46 bits per heavy atom. The molecule has 3 rings (SSSR count). The van der Waals surface area contributed by atoms with Gasteiger partial charge in [0.1, 0.15) is 24.6 Å². The third-order valence-corrected chi connectivity index (χ3v) is 5.65. The molecule has 8 heteroatoms. The molecular weight excluding hydrogens is 477 g/mol. The van der Waals surface area contributed by atoms with Crippen molar-refractivity contribution in [3.8, 4) is 22.6 Å². The minimum atomic E-state index is -1.24. The molecule has 1 heterocycles. The van der Waals surface area contributed by atoms with Crippen LogP contribution in [0.3, 0.4) is 0 Å². The Kier molecular flexibility index (Phi) is 9.51. The van der Waals surface area contributed by atoms with Crippen LogP contribution in [0.2, 0.25) is 0 Å². The van der Waals surface area contributed by atoms with Gasteiger partial charge in [0, 0.05) is 18.2 Å². The lowest BCUT2D eigenvalue weighted by molar-refractivity contribution is -0.140. The molecule has 0 bridgehead atoms. The topological polar surface area (TPSA) is 106 Å². The number of aliphatic hydroxyl groups excluding tert-OH is 1. The van der Waals surface area contributed by atoms with Crippen LogP contribution in [0.5, 0.6) is 11.5 Å². The average Bonchev–Trinajstić information content (AvgIpc) is 2.86. The Hall–Kier alpha value is -4.04. The van der Waals surface area contributed by atoms with Crippen molar-refractivity contribution in [2.45, 2.75) is 45.3 Å². The molecule has 2 N–H and O–H groups in total. The number of nitrogens with zero attached hydrogens (tertiary/aromatic N) is 1. The summed E-state index contributed by atoms with van der Waals surface area (Å²) in [5, 5.41) is 19.2. The third kappa shape index (κ3) is 7.47. The zero-order valence-corrected chi connectivity index (χ0v) is 21.0. The van der Waals surface area contributed by atoms with Gasteiger partial charge in [-0.05, 0) is 52.9 Å². The lowest BCUT2D eigenvalue weighted by atomic mass is 9.88. The standard InChI is InChI=1S/C29H30FNO6/c1-18(2)25-16-26(36-3)29(37-17-21-6-4-5-13-31-21)28(19-7-9-20(30)10-8-19)24(25)12-11-22(32)14-23(33)15-27(34)35/h4-13,16,18,22,32H,14-15,17H2,1-3H3,(H,34,35)/b12-11+. The number of ether oxygens (including phenoxy) is 2. The Bertz CT molecular complexity index is 1260. The first-order chi connectivity index (χ1) is 17.7. The van der Waals surface area contributed by atoms with E-state index in [1.54, 1.807) is 30.5 Å². The number of aliphatic carboxylic acids is 1. The van der Waals surface area contributed by atoms with Crippen LogP contribution in [-0.4, -0.2) is 40.2 Å². The number of carbonyl (C=O) groups excluding carboxylic acids is 1. The van der Waals surface area contributed by atoms with Crippen molar-refractivity contribution in [2.75, 3.05) is 7.11 Å². The molecule has 194 valence electrons. The first-order valence-corrected chi connectivity index (χ1v) is 11.8. The molecular formula is C29H30FNO6. The van der Waals surface area contributed by atoms with Gasteiger partial charge in [0.2, 0.25) is 0 Å². The van der Waals surface area contributed by atoms with Gasteiger partial charge < -0.3 is 19.7 Å². The number of pyridine rings is 1. The molecule has 0 amide bonds. The van der Waals surface area contributed by atoms with E-state index in [1.807, 2.05) is 32.0 Å². The van der Waals surface area contributed by atoms with Gasteiger partial charge in [0.15, 0.2) is 11.5 Å². The summed E-state index contributed by atoms with van der Waals surface area (Å²) in [6.07, 6.45) is 2.62. The van der Waals surface area contributed by atoms with Crippen molar-refractivity contribution in [3.05, 3.63) is 83.4 Å². The first-order valence-electron chi connectivity index (χ1n) is 11.8. The second kappa shape index (κ2) is 12.8. The van der Waals surface area contributed by atoms with E-state index in [2.05, 4.69) is 4.98 Å². The van der Waals surface area contributed by atoms with Crippen molar-refractivity contribution in [1.29, 1.82) is 0 Å². The number of halogens is 1. The van der Waals surface area contributed by atoms with E-state index < -0.39 is 30.1 Å². The lowest BCUT2D eigenvalue weighted by Crippen LogP contribution is -2.14. The Labute approximate surface area is 215 Å². The predicted octanol–water partition coefficient (Wildman–Crippen LogP) is 5.41. The van der Waals surface area contributed by atoms with Crippen LogP contribution in [0.1, 0.15) is 49.4 Å². The highest BCUT2D eigenvalue weighted by Crippen LogP contribution is 2.45. The number of aromatic nitrogens is 1. The smallest absolute Gasteiger partial charge is 0.310 e. The number of hydrogen-bond acceptors (Lipinski definition) is 6. The number of carboxylic acid groups (broad SMARTS) is 1. The maximum absolute atomic E-state index is 13.8. The van der Waals surface area contributed by atoms with E-state index in [0.717, 1.165) is 5.56 Å². The minimum Gasteiger partial charge on any atom is -0.493 e. The summed E-state index contributed by atoms with van der Waals surface area (Å²) in [6, 6.07) is 13.3. The molecule has 2 aromatic carbocycles. The molecule has 0 radical (unpaired) electrons. The van der Waals surface area contributed by atoms with Gasteiger partial charge in [-0.15, -0.1) is 0 Å². The van der Waals surface area contributed by atoms with Crippen LogP contribution in [0.15, 0.2) is 60.8 Å². The fourth-order valence-corrected chi connectivity index (χ4v) is 3.91. The van der Waals surface area contributed by atoms with Gasteiger partial charge in [-0.2, -0.15) is 0 Å². The molecule has 3 aromatic rings. The number of carbonyl (C=O) groups is 2. The number of benzene rings is 2. The average molecular weight is 508 g/mol. The molecule has 0 saturated heterocycles. The van der Waals surface area contributed by atoms with Crippen molar-refractivity contribution in [1.82, 2.24) is 4.98 Å². The van der Waals surface area contributed by atoms with Crippen LogP contribution in [-0.2, 0) is 16.2 Å². The fourth-order valence-electron chi connectivity index (χ4n) is 3.91. The third-order valence-electron chi connectivity index (χ3n) is 5.65. The molecule has 0 aliphatic heterocycles. The van der Waals surface area contributed by atoms with Crippen molar-refractivity contribution in [2.24, 2.45) is 0 Å². The largest absolute Gasteiger partial charge is 0.493 e. The molecule has 0 spiro atoms. The molecule has 1 unspecified atom stereocenters. The summed E-state index contributed by atoms with van der Waals surface area (Å²) in [6.45, 7) is 4.16. The maximum atomic E-state index is 13.8. The van der Waals surface area contributed by atoms with E-state index >= 15 is 0 Å². The lowest BCUT2D eigenvalue weighted by Gasteiger charge is -2.22.